The van der Waals surface area contributed by atoms with Crippen molar-refractivity contribution < 1.29 is 14.3 Å². The fourth-order valence-electron chi connectivity index (χ4n) is 1.17. The van der Waals surface area contributed by atoms with Crippen molar-refractivity contribution >= 4 is 11.9 Å². The monoisotopic (exact) mass is 236 g/mol. The minimum Gasteiger partial charge on any atom is -0.449 e. The molecule has 0 saturated carbocycles. The van der Waals surface area contributed by atoms with Crippen molar-refractivity contribution in [2.45, 2.75) is 32.9 Å². The highest BCUT2D eigenvalue weighted by Crippen LogP contribution is 2.02. The van der Waals surface area contributed by atoms with Gasteiger partial charge in [-0.15, -0.1) is 0 Å². The van der Waals surface area contributed by atoms with Crippen LogP contribution in [0.25, 0.3) is 0 Å². The fraction of sp³-hybridized carbons (Fsp3) is 0.417. The lowest BCUT2D eigenvalue weighted by Gasteiger charge is -2.15. The molecule has 1 amide bonds. The van der Waals surface area contributed by atoms with Gasteiger partial charge in [-0.1, -0.05) is 0 Å². The average molecular weight is 236 g/mol. The molecule has 0 aliphatic carbocycles. The minimum absolute atomic E-state index is 0.0181. The van der Waals surface area contributed by atoms with Crippen molar-refractivity contribution in [3.05, 3.63) is 30.1 Å². The van der Waals surface area contributed by atoms with E-state index in [1.54, 1.807) is 0 Å². The summed E-state index contributed by atoms with van der Waals surface area (Å²) < 4.78 is 5.02. The molecule has 5 nitrogen and oxygen atoms in total. The second-order valence-electron chi connectivity index (χ2n) is 3.95. The molecule has 17 heavy (non-hydrogen) atoms. The highest BCUT2D eigenvalue weighted by molar-refractivity contribution is 5.92. The largest absolute Gasteiger partial charge is 0.449 e. The first-order chi connectivity index (χ1) is 8.00. The summed E-state index contributed by atoms with van der Waals surface area (Å²) in [7, 11) is 0. The van der Waals surface area contributed by atoms with E-state index in [0.29, 0.717) is 5.56 Å². The van der Waals surface area contributed by atoms with Gasteiger partial charge < -0.3 is 10.1 Å². The first-order valence-corrected chi connectivity index (χ1v) is 5.42. The highest BCUT2D eigenvalue weighted by atomic mass is 16.5. The van der Waals surface area contributed by atoms with Crippen LogP contribution in [-0.2, 0) is 9.53 Å². The number of esters is 1. The Morgan fingerprint density at radius 2 is 1.82 bits per heavy atom. The van der Waals surface area contributed by atoms with Gasteiger partial charge in [-0.05, 0) is 32.9 Å². The van der Waals surface area contributed by atoms with Gasteiger partial charge in [0.05, 0.1) is 5.56 Å². The number of carbonyl (C=O) groups excluding carboxylic acids is 2. The molecule has 1 heterocycles. The number of nitrogens with zero attached hydrogens (tertiary/aromatic N) is 1. The lowest BCUT2D eigenvalue weighted by molar-refractivity contribution is -0.129. The maximum Gasteiger partial charge on any atom is 0.339 e. The summed E-state index contributed by atoms with van der Waals surface area (Å²) in [5, 5.41) is 2.67. The summed E-state index contributed by atoms with van der Waals surface area (Å²) in [6.07, 6.45) is 2.18. The third-order valence-electron chi connectivity index (χ3n) is 2.00. The number of hydrogen-bond donors (Lipinski definition) is 1. The van der Waals surface area contributed by atoms with Crippen LogP contribution in [0.3, 0.4) is 0 Å². The zero-order valence-electron chi connectivity index (χ0n) is 10.1. The molecule has 1 atom stereocenters. The molecule has 92 valence electrons. The van der Waals surface area contributed by atoms with Gasteiger partial charge in [0.2, 0.25) is 0 Å². The number of aromatic nitrogens is 1. The zero-order valence-corrected chi connectivity index (χ0v) is 10.1. The topological polar surface area (TPSA) is 68.3 Å². The molecule has 0 bridgehead atoms. The van der Waals surface area contributed by atoms with Gasteiger partial charge >= 0.3 is 5.97 Å². The quantitative estimate of drug-likeness (QED) is 0.796. The molecule has 0 aliphatic rings. The maximum atomic E-state index is 11.6. The smallest absolute Gasteiger partial charge is 0.339 e. The average Bonchev–Trinajstić information content (AvgIpc) is 2.29. The Kier molecular flexibility index (Phi) is 4.63. The van der Waals surface area contributed by atoms with Crippen LogP contribution in [0.15, 0.2) is 24.5 Å². The van der Waals surface area contributed by atoms with Crippen LogP contribution in [0.1, 0.15) is 31.1 Å². The number of ether oxygens (including phenoxy) is 1. The third kappa shape index (κ3) is 4.22. The molecule has 1 rings (SSSR count). The number of amides is 1. The molecule has 0 aromatic carbocycles. The Morgan fingerprint density at radius 3 is 2.35 bits per heavy atom. The molecular formula is C12H16N2O3. The summed E-state index contributed by atoms with van der Waals surface area (Å²) in [5.74, 6) is -0.832. The van der Waals surface area contributed by atoms with Crippen LogP contribution in [0.2, 0.25) is 0 Å². The molecule has 5 heteroatoms. The number of carbonyl (C=O) groups is 2. The molecule has 0 saturated heterocycles. The van der Waals surface area contributed by atoms with Crippen LogP contribution >= 0.6 is 0 Å². The van der Waals surface area contributed by atoms with E-state index >= 15 is 0 Å². The van der Waals surface area contributed by atoms with Crippen molar-refractivity contribution in [2.75, 3.05) is 0 Å². The van der Waals surface area contributed by atoms with Gasteiger partial charge in [0.25, 0.3) is 5.91 Å². The molecule has 1 N–H and O–H groups in total. The van der Waals surface area contributed by atoms with Gasteiger partial charge in [-0.2, -0.15) is 0 Å². The van der Waals surface area contributed by atoms with E-state index in [1.165, 1.54) is 31.5 Å². The van der Waals surface area contributed by atoms with E-state index in [4.69, 9.17) is 4.74 Å². The Balaban J connectivity index is 2.55. The summed E-state index contributed by atoms with van der Waals surface area (Å²) in [6, 6.07) is 3.09. The third-order valence-corrected chi connectivity index (χ3v) is 2.00. The molecule has 0 radical (unpaired) electrons. The first kappa shape index (κ1) is 13.2. The van der Waals surface area contributed by atoms with Gasteiger partial charge in [0, 0.05) is 18.4 Å². The van der Waals surface area contributed by atoms with Crippen molar-refractivity contribution in [3.8, 4) is 0 Å². The summed E-state index contributed by atoms with van der Waals surface area (Å²) in [6.45, 7) is 5.22. The number of nitrogens with one attached hydrogen (secondary N) is 1. The molecule has 1 aromatic heterocycles. The molecule has 0 spiro atoms. The Hall–Kier alpha value is -1.91. The van der Waals surface area contributed by atoms with Crippen molar-refractivity contribution in [3.63, 3.8) is 0 Å². The summed E-state index contributed by atoms with van der Waals surface area (Å²) in [4.78, 5) is 26.9. The van der Waals surface area contributed by atoms with Crippen LogP contribution in [0, 0.1) is 0 Å². The molecule has 1 aromatic rings. The minimum atomic E-state index is -0.807. The zero-order chi connectivity index (χ0) is 12.8. The second kappa shape index (κ2) is 5.98. The van der Waals surface area contributed by atoms with Crippen LogP contribution in [0.5, 0.6) is 0 Å². The van der Waals surface area contributed by atoms with Gasteiger partial charge in [0.1, 0.15) is 0 Å². The predicted molar refractivity (Wildman–Crippen MR) is 62.4 cm³/mol. The SMILES string of the molecule is CC(C)NC(=O)C(C)OC(=O)c1ccncc1. The van der Waals surface area contributed by atoms with Gasteiger partial charge in [-0.3, -0.25) is 9.78 Å². The van der Waals surface area contributed by atoms with Crippen LogP contribution in [0.4, 0.5) is 0 Å². The molecule has 0 fully saturated rings. The van der Waals surface area contributed by atoms with Crippen LogP contribution in [-0.4, -0.2) is 29.0 Å². The highest BCUT2D eigenvalue weighted by Gasteiger charge is 2.18. The standard InChI is InChI=1S/C12H16N2O3/c1-8(2)14-11(15)9(3)17-12(16)10-4-6-13-7-5-10/h4-9H,1-3H3,(H,14,15). The van der Waals surface area contributed by atoms with Gasteiger partial charge in [0.15, 0.2) is 6.10 Å². The van der Waals surface area contributed by atoms with Crippen molar-refractivity contribution in [1.82, 2.24) is 10.3 Å². The normalized spacial score (nSPS) is 12.0. The van der Waals surface area contributed by atoms with E-state index < -0.39 is 12.1 Å². The Labute approximate surface area is 100 Å². The predicted octanol–water partition coefficient (Wildman–Crippen LogP) is 1.15. The number of pyridine rings is 1. The number of hydrogen-bond acceptors (Lipinski definition) is 4. The number of rotatable bonds is 4. The van der Waals surface area contributed by atoms with Crippen molar-refractivity contribution in [1.29, 1.82) is 0 Å². The van der Waals surface area contributed by atoms with Crippen molar-refractivity contribution in [2.24, 2.45) is 0 Å². The van der Waals surface area contributed by atoms with Crippen LogP contribution < -0.4 is 5.32 Å². The van der Waals surface area contributed by atoms with E-state index in [0.717, 1.165) is 0 Å². The van der Waals surface area contributed by atoms with E-state index in [-0.39, 0.29) is 11.9 Å². The second-order valence-corrected chi connectivity index (χ2v) is 3.95. The first-order valence-electron chi connectivity index (χ1n) is 5.42. The summed E-state index contributed by atoms with van der Waals surface area (Å²) >= 11 is 0. The fourth-order valence-corrected chi connectivity index (χ4v) is 1.17. The molecular weight excluding hydrogens is 220 g/mol. The molecule has 1 unspecified atom stereocenters. The van der Waals surface area contributed by atoms with Gasteiger partial charge in [-0.25, -0.2) is 4.79 Å². The van der Waals surface area contributed by atoms with E-state index in [9.17, 15) is 9.59 Å². The van der Waals surface area contributed by atoms with E-state index in [1.807, 2.05) is 13.8 Å². The Morgan fingerprint density at radius 1 is 1.24 bits per heavy atom. The molecule has 0 aliphatic heterocycles. The lowest BCUT2D eigenvalue weighted by atomic mass is 10.2. The summed E-state index contributed by atoms with van der Waals surface area (Å²) in [5.41, 5.74) is 0.379. The Bertz CT molecular complexity index is 390. The maximum absolute atomic E-state index is 11.6. The van der Waals surface area contributed by atoms with E-state index in [2.05, 4.69) is 10.3 Å². The lowest BCUT2D eigenvalue weighted by Crippen LogP contribution is -2.39.